The number of aryl methyl sites for hydroxylation is 1. The molecule has 0 aliphatic carbocycles. The molecular weight excluding hydrogens is 569 g/mol. The number of nitrogens with zero attached hydrogens (tertiary/aromatic N) is 3. The topological polar surface area (TPSA) is 93.0 Å². The Bertz CT molecular complexity index is 1940. The van der Waals surface area contributed by atoms with Crippen molar-refractivity contribution in [1.82, 2.24) is 14.7 Å². The summed E-state index contributed by atoms with van der Waals surface area (Å²) >= 11 is 6.64. The maximum Gasteiger partial charge on any atom is 0.270 e. The number of pyridine rings is 1. The summed E-state index contributed by atoms with van der Waals surface area (Å²) in [6.07, 6.45) is 2.97. The number of aromatic nitrogens is 2. The highest BCUT2D eigenvalue weighted by Crippen LogP contribution is 2.31. The summed E-state index contributed by atoms with van der Waals surface area (Å²) < 4.78 is 7.26. The summed E-state index contributed by atoms with van der Waals surface area (Å²) in [4.78, 5) is 47.4. The Balaban J connectivity index is 1.40. The quantitative estimate of drug-likeness (QED) is 0.116. The number of fused-ring (bicyclic) bond motifs is 1. The molecule has 6 rings (SSSR count). The Hall–Kier alpha value is -5.06. The van der Waals surface area contributed by atoms with Gasteiger partial charge >= 0.3 is 0 Å². The molecule has 1 aliphatic heterocycles. The predicted molar refractivity (Wildman–Crippen MR) is 166 cm³/mol. The first-order chi connectivity index (χ1) is 20.4. The third kappa shape index (κ3) is 5.45. The van der Waals surface area contributed by atoms with Gasteiger partial charge in [-0.25, -0.2) is 4.98 Å². The van der Waals surface area contributed by atoms with Crippen LogP contribution in [-0.4, -0.2) is 26.3 Å². The molecule has 42 heavy (non-hydrogen) atoms. The van der Waals surface area contributed by atoms with E-state index in [0.717, 1.165) is 10.5 Å². The monoisotopic (exact) mass is 590 g/mol. The fourth-order valence-electron chi connectivity index (χ4n) is 4.36. The molecule has 0 atom stereocenters. The number of rotatable bonds is 6. The second kappa shape index (κ2) is 11.4. The van der Waals surface area contributed by atoms with Gasteiger partial charge in [0.05, 0.1) is 11.3 Å². The van der Waals surface area contributed by atoms with Gasteiger partial charge in [0.15, 0.2) is 5.11 Å². The van der Waals surface area contributed by atoms with E-state index >= 15 is 0 Å². The Morgan fingerprint density at radius 1 is 0.857 bits per heavy atom. The summed E-state index contributed by atoms with van der Waals surface area (Å²) in [7, 11) is 0. The summed E-state index contributed by atoms with van der Waals surface area (Å²) in [6, 6.07) is 29.1. The molecule has 3 aromatic carbocycles. The van der Waals surface area contributed by atoms with Crippen LogP contribution in [0.4, 0.5) is 5.69 Å². The standard InChI is InChI=1S/C32H22N4O4S2/c1-20-12-17-27-33-29(42-24-10-6-3-7-11-24)26(30(38)35(27)19-20)18-25-28(37)34-32(41)36(31(25)39)21-13-15-23(16-14-21)40-22-8-4-2-5-9-22/h2-19H,1H3,(H,34,37,41)/b25-18+. The number of ether oxygens (including phenoxy) is 1. The third-order valence-electron chi connectivity index (χ3n) is 6.39. The number of nitrogens with one attached hydrogen (secondary N) is 1. The lowest BCUT2D eigenvalue weighted by Gasteiger charge is -2.29. The van der Waals surface area contributed by atoms with Gasteiger partial charge in [0.1, 0.15) is 27.7 Å². The van der Waals surface area contributed by atoms with Crippen LogP contribution in [-0.2, 0) is 9.59 Å². The summed E-state index contributed by atoms with van der Waals surface area (Å²) in [5, 5.41) is 2.88. The van der Waals surface area contributed by atoms with E-state index in [-0.39, 0.29) is 16.2 Å². The molecule has 0 radical (unpaired) electrons. The van der Waals surface area contributed by atoms with Gasteiger partial charge in [-0.1, -0.05) is 54.2 Å². The summed E-state index contributed by atoms with van der Waals surface area (Å²) in [5.74, 6) is -0.130. The van der Waals surface area contributed by atoms with E-state index in [1.165, 1.54) is 27.1 Å². The number of thiocarbonyl (C=S) groups is 1. The van der Waals surface area contributed by atoms with Gasteiger partial charge in [0.25, 0.3) is 17.4 Å². The van der Waals surface area contributed by atoms with Gasteiger partial charge in [-0.2, -0.15) is 0 Å². The molecule has 10 heteroatoms. The Morgan fingerprint density at radius 3 is 2.24 bits per heavy atom. The molecule has 0 unspecified atom stereocenters. The SMILES string of the molecule is Cc1ccc2nc(Sc3ccccc3)c(/C=C3\C(=O)NC(=S)N(c4ccc(Oc5ccccc5)cc4)C3=O)c(=O)n2c1. The van der Waals surface area contributed by atoms with Crippen LogP contribution >= 0.6 is 24.0 Å². The zero-order chi connectivity index (χ0) is 29.2. The lowest BCUT2D eigenvalue weighted by Crippen LogP contribution is -2.54. The van der Waals surface area contributed by atoms with Gasteiger partial charge in [-0.05, 0) is 85.4 Å². The molecule has 5 aromatic rings. The molecule has 2 amide bonds. The van der Waals surface area contributed by atoms with Gasteiger partial charge < -0.3 is 4.74 Å². The van der Waals surface area contributed by atoms with Crippen LogP contribution in [0.25, 0.3) is 11.7 Å². The number of anilines is 1. The van der Waals surface area contributed by atoms with E-state index in [9.17, 15) is 14.4 Å². The predicted octanol–water partition coefficient (Wildman–Crippen LogP) is 5.78. The molecule has 0 bridgehead atoms. The molecule has 206 valence electrons. The number of para-hydroxylation sites is 1. The number of carbonyl (C=O) groups excluding carboxylic acids is 2. The van der Waals surface area contributed by atoms with Crippen molar-refractivity contribution in [3.63, 3.8) is 0 Å². The minimum Gasteiger partial charge on any atom is -0.457 e. The lowest BCUT2D eigenvalue weighted by molar-refractivity contribution is -0.122. The fourth-order valence-corrected chi connectivity index (χ4v) is 5.56. The highest BCUT2D eigenvalue weighted by atomic mass is 32.2. The van der Waals surface area contributed by atoms with Crippen molar-refractivity contribution in [3.05, 3.63) is 130 Å². The van der Waals surface area contributed by atoms with E-state index in [2.05, 4.69) is 5.32 Å². The zero-order valence-electron chi connectivity index (χ0n) is 22.2. The number of hydrogen-bond acceptors (Lipinski definition) is 7. The van der Waals surface area contributed by atoms with Crippen LogP contribution in [0.15, 0.2) is 124 Å². The van der Waals surface area contributed by atoms with Crippen molar-refractivity contribution < 1.29 is 14.3 Å². The van der Waals surface area contributed by atoms with Gasteiger partial charge in [0, 0.05) is 11.1 Å². The molecule has 2 aromatic heterocycles. The fraction of sp³-hybridized carbons (Fsp3) is 0.0312. The van der Waals surface area contributed by atoms with Crippen molar-refractivity contribution in [2.24, 2.45) is 0 Å². The highest BCUT2D eigenvalue weighted by Gasteiger charge is 2.35. The van der Waals surface area contributed by atoms with Crippen LogP contribution in [0.1, 0.15) is 11.1 Å². The smallest absolute Gasteiger partial charge is 0.270 e. The van der Waals surface area contributed by atoms with Crippen LogP contribution < -0.4 is 20.5 Å². The first kappa shape index (κ1) is 27.1. The van der Waals surface area contributed by atoms with E-state index in [4.69, 9.17) is 21.9 Å². The maximum absolute atomic E-state index is 13.8. The average Bonchev–Trinajstić information content (AvgIpc) is 2.99. The van der Waals surface area contributed by atoms with E-state index in [1.54, 1.807) is 36.5 Å². The van der Waals surface area contributed by atoms with Gasteiger partial charge in [-0.3, -0.25) is 29.0 Å². The second-order valence-electron chi connectivity index (χ2n) is 9.35. The first-order valence-corrected chi connectivity index (χ1v) is 14.1. The van der Waals surface area contributed by atoms with Gasteiger partial charge in [0.2, 0.25) is 0 Å². The molecule has 0 saturated carbocycles. The maximum atomic E-state index is 13.8. The van der Waals surface area contributed by atoms with Crippen molar-refractivity contribution in [2.75, 3.05) is 4.90 Å². The summed E-state index contributed by atoms with van der Waals surface area (Å²) in [6.45, 7) is 1.86. The Labute approximate surface area is 250 Å². The Morgan fingerprint density at radius 2 is 1.52 bits per heavy atom. The van der Waals surface area contributed by atoms with Crippen molar-refractivity contribution in [1.29, 1.82) is 0 Å². The van der Waals surface area contributed by atoms with E-state index in [0.29, 0.717) is 27.9 Å². The van der Waals surface area contributed by atoms with Crippen molar-refractivity contribution in [2.45, 2.75) is 16.8 Å². The average molecular weight is 591 g/mol. The van der Waals surface area contributed by atoms with E-state index < -0.39 is 17.4 Å². The minimum absolute atomic E-state index is 0.0678. The number of carbonyl (C=O) groups is 2. The molecular formula is C32H22N4O4S2. The van der Waals surface area contributed by atoms with Crippen molar-refractivity contribution in [3.8, 4) is 11.5 Å². The largest absolute Gasteiger partial charge is 0.457 e. The normalized spacial score (nSPS) is 14.4. The number of benzene rings is 3. The second-order valence-corrected chi connectivity index (χ2v) is 10.8. The molecule has 0 spiro atoms. The Kier molecular flexibility index (Phi) is 7.39. The van der Waals surface area contributed by atoms with E-state index in [1.807, 2.05) is 73.7 Å². The molecule has 1 fully saturated rings. The molecule has 1 N–H and O–H groups in total. The molecule has 1 saturated heterocycles. The summed E-state index contributed by atoms with van der Waals surface area (Å²) in [5.41, 5.74) is 1.21. The van der Waals surface area contributed by atoms with Crippen molar-refractivity contribution >= 4 is 58.3 Å². The number of hydrogen-bond donors (Lipinski definition) is 1. The molecule has 3 heterocycles. The van der Waals surface area contributed by atoms with Crippen LogP contribution in [0.2, 0.25) is 0 Å². The first-order valence-electron chi connectivity index (χ1n) is 12.9. The molecule has 1 aliphatic rings. The minimum atomic E-state index is -0.699. The lowest BCUT2D eigenvalue weighted by atomic mass is 10.1. The van der Waals surface area contributed by atoms with Crippen LogP contribution in [0.3, 0.4) is 0 Å². The van der Waals surface area contributed by atoms with Crippen LogP contribution in [0.5, 0.6) is 11.5 Å². The van der Waals surface area contributed by atoms with Crippen LogP contribution in [0, 0.1) is 6.92 Å². The molecule has 8 nitrogen and oxygen atoms in total. The highest BCUT2D eigenvalue weighted by molar-refractivity contribution is 7.99. The van der Waals surface area contributed by atoms with Gasteiger partial charge in [-0.15, -0.1) is 0 Å². The zero-order valence-corrected chi connectivity index (χ0v) is 23.8. The third-order valence-corrected chi connectivity index (χ3v) is 7.69. The number of amides is 2.